The second kappa shape index (κ2) is 13.5. The molecule has 2 aliphatic rings. The van der Waals surface area contributed by atoms with Crippen LogP contribution in [0.25, 0.3) is 10.9 Å². The molecular weight excluding hydrogens is 378 g/mol. The second-order valence-electron chi connectivity index (χ2n) is 9.60. The monoisotopic (exact) mass is 423 g/mol. The molecule has 2 aromatic rings. The Balaban J connectivity index is 0.000000175. The third-order valence-corrected chi connectivity index (χ3v) is 6.79. The van der Waals surface area contributed by atoms with Crippen molar-refractivity contribution in [2.24, 2.45) is 17.8 Å². The summed E-state index contributed by atoms with van der Waals surface area (Å²) in [5, 5.41) is 1.10. The number of nitrogens with zero attached hydrogens (tertiary/aromatic N) is 3. The Morgan fingerprint density at radius 3 is 2.10 bits per heavy atom. The number of anilines is 1. The molecule has 0 spiro atoms. The van der Waals surface area contributed by atoms with E-state index in [1.165, 1.54) is 57.8 Å². The Hall–Kier alpha value is -1.90. The highest BCUT2D eigenvalue weighted by molar-refractivity contribution is 5.89. The van der Waals surface area contributed by atoms with Crippen LogP contribution >= 0.6 is 0 Å². The zero-order valence-electron chi connectivity index (χ0n) is 20.9. The first kappa shape index (κ1) is 25.4. The van der Waals surface area contributed by atoms with Crippen LogP contribution in [-0.2, 0) is 0 Å². The van der Waals surface area contributed by atoms with E-state index < -0.39 is 0 Å². The summed E-state index contributed by atoms with van der Waals surface area (Å²) >= 11 is 0. The number of hydrogen-bond acceptors (Lipinski definition) is 3. The summed E-state index contributed by atoms with van der Waals surface area (Å²) < 4.78 is 0. The Kier molecular flexibility index (Phi) is 11.0. The van der Waals surface area contributed by atoms with Gasteiger partial charge in [-0.1, -0.05) is 83.6 Å². The fourth-order valence-electron chi connectivity index (χ4n) is 4.48. The molecule has 1 unspecified atom stereocenters. The van der Waals surface area contributed by atoms with E-state index in [0.29, 0.717) is 0 Å². The van der Waals surface area contributed by atoms with Gasteiger partial charge in [0.15, 0.2) is 0 Å². The highest BCUT2D eigenvalue weighted by Gasteiger charge is 2.15. The summed E-state index contributed by atoms with van der Waals surface area (Å²) in [5.74, 6) is 4.88. The Morgan fingerprint density at radius 2 is 1.55 bits per heavy atom. The van der Waals surface area contributed by atoms with Crippen LogP contribution in [0, 0.1) is 24.7 Å². The summed E-state index contributed by atoms with van der Waals surface area (Å²) in [4.78, 5) is 10.8. The van der Waals surface area contributed by atoms with E-state index in [2.05, 4.69) is 42.9 Å². The summed E-state index contributed by atoms with van der Waals surface area (Å²) in [6, 6.07) is 8.06. The SMILES string of the molecule is CCC1CC=CCC1.CCC1CCC(C)CC1.Cc1nc(N(C)C)c2ccccc2n1. The van der Waals surface area contributed by atoms with Crippen LogP contribution in [0.1, 0.15) is 84.4 Å². The van der Waals surface area contributed by atoms with Gasteiger partial charge >= 0.3 is 0 Å². The largest absolute Gasteiger partial charge is 0.362 e. The topological polar surface area (TPSA) is 29.0 Å². The standard InChI is InChI=1S/C11H13N3.C9H18.C8H14/c1-8-12-10-7-5-4-6-9(10)11(13-8)14(2)3;1-3-9-6-4-8(2)5-7-9;1-2-8-6-4-3-5-7-8/h4-7H,1-3H3;8-9H,3-7H2,1-2H3;3-4,8H,2,5-7H2,1H3. The molecule has 0 bridgehead atoms. The first-order valence-corrected chi connectivity index (χ1v) is 12.5. The zero-order chi connectivity index (χ0) is 22.6. The fraction of sp³-hybridized carbons (Fsp3) is 0.643. The molecule has 1 aromatic carbocycles. The minimum Gasteiger partial charge on any atom is -0.362 e. The van der Waals surface area contributed by atoms with Crippen LogP contribution in [0.3, 0.4) is 0 Å². The Morgan fingerprint density at radius 1 is 0.871 bits per heavy atom. The van der Waals surface area contributed by atoms with Gasteiger partial charge in [-0.3, -0.25) is 0 Å². The van der Waals surface area contributed by atoms with E-state index in [0.717, 1.165) is 40.3 Å². The zero-order valence-corrected chi connectivity index (χ0v) is 20.9. The predicted octanol–water partition coefficient (Wildman–Crippen LogP) is 7.98. The van der Waals surface area contributed by atoms with Gasteiger partial charge in [-0.15, -0.1) is 0 Å². The molecule has 0 N–H and O–H groups in total. The molecule has 172 valence electrons. The van der Waals surface area contributed by atoms with Crippen molar-refractivity contribution in [1.82, 2.24) is 9.97 Å². The minimum absolute atomic E-state index is 0.812. The van der Waals surface area contributed by atoms with Crippen LogP contribution < -0.4 is 4.90 Å². The third-order valence-electron chi connectivity index (χ3n) is 6.79. The molecule has 2 aliphatic carbocycles. The van der Waals surface area contributed by atoms with Crippen molar-refractivity contribution in [3.63, 3.8) is 0 Å². The van der Waals surface area contributed by atoms with Gasteiger partial charge in [-0.25, -0.2) is 9.97 Å². The van der Waals surface area contributed by atoms with Gasteiger partial charge in [0, 0.05) is 19.5 Å². The first-order valence-electron chi connectivity index (χ1n) is 12.5. The Bertz CT molecular complexity index is 788. The van der Waals surface area contributed by atoms with Gasteiger partial charge < -0.3 is 4.90 Å². The van der Waals surface area contributed by atoms with E-state index in [4.69, 9.17) is 0 Å². The highest BCUT2D eigenvalue weighted by Crippen LogP contribution is 2.29. The molecule has 31 heavy (non-hydrogen) atoms. The van der Waals surface area contributed by atoms with Crippen molar-refractivity contribution in [3.8, 4) is 0 Å². The molecule has 1 heterocycles. The van der Waals surface area contributed by atoms with Crippen LogP contribution in [0.2, 0.25) is 0 Å². The lowest BCUT2D eigenvalue weighted by Crippen LogP contribution is -2.12. The number of rotatable bonds is 3. The van der Waals surface area contributed by atoms with E-state index in [9.17, 15) is 0 Å². The number of benzene rings is 1. The highest BCUT2D eigenvalue weighted by atomic mass is 15.1. The predicted molar refractivity (Wildman–Crippen MR) is 137 cm³/mol. The van der Waals surface area contributed by atoms with Crippen LogP contribution in [0.4, 0.5) is 5.82 Å². The molecule has 3 nitrogen and oxygen atoms in total. The Labute approximate surface area is 191 Å². The van der Waals surface area contributed by atoms with Crippen molar-refractivity contribution in [1.29, 1.82) is 0 Å². The van der Waals surface area contributed by atoms with Gasteiger partial charge in [0.2, 0.25) is 0 Å². The number of aromatic nitrogens is 2. The molecule has 0 aliphatic heterocycles. The lowest BCUT2D eigenvalue weighted by molar-refractivity contribution is 0.284. The second-order valence-corrected chi connectivity index (χ2v) is 9.60. The normalized spacial score (nSPS) is 22.7. The molecule has 3 heteroatoms. The number of para-hydroxylation sites is 1. The molecule has 4 rings (SSSR count). The van der Waals surface area contributed by atoms with Crippen molar-refractivity contribution in [3.05, 3.63) is 42.2 Å². The van der Waals surface area contributed by atoms with Crippen LogP contribution in [0.5, 0.6) is 0 Å². The van der Waals surface area contributed by atoms with E-state index in [1.54, 1.807) is 0 Å². The molecular formula is C28H45N3. The van der Waals surface area contributed by atoms with Crippen molar-refractivity contribution >= 4 is 16.7 Å². The molecule has 1 atom stereocenters. The third kappa shape index (κ3) is 8.63. The molecule has 1 aromatic heterocycles. The van der Waals surface area contributed by atoms with Gasteiger partial charge in [-0.05, 0) is 56.1 Å². The maximum Gasteiger partial charge on any atom is 0.139 e. The summed E-state index contributed by atoms with van der Waals surface area (Å²) in [6.45, 7) is 8.90. The minimum atomic E-state index is 0.812. The van der Waals surface area contributed by atoms with Crippen LogP contribution in [0.15, 0.2) is 36.4 Å². The quantitative estimate of drug-likeness (QED) is 0.468. The number of aryl methyl sites for hydroxylation is 1. The van der Waals surface area contributed by atoms with Crippen molar-refractivity contribution in [2.75, 3.05) is 19.0 Å². The molecule has 0 saturated heterocycles. The van der Waals surface area contributed by atoms with Gasteiger partial charge in [0.1, 0.15) is 11.6 Å². The fourth-order valence-corrected chi connectivity index (χ4v) is 4.48. The maximum atomic E-state index is 4.42. The maximum absolute atomic E-state index is 4.42. The van der Waals surface area contributed by atoms with Crippen LogP contribution in [-0.4, -0.2) is 24.1 Å². The number of fused-ring (bicyclic) bond motifs is 1. The summed E-state index contributed by atoms with van der Waals surface area (Å²) in [6.07, 6.45) is 17.4. The van der Waals surface area contributed by atoms with E-state index in [1.807, 2.05) is 50.2 Å². The lowest BCUT2D eigenvalue weighted by atomic mass is 9.82. The van der Waals surface area contributed by atoms with Gasteiger partial charge in [0.25, 0.3) is 0 Å². The molecule has 1 saturated carbocycles. The number of hydrogen-bond donors (Lipinski definition) is 0. The average molecular weight is 424 g/mol. The summed E-state index contributed by atoms with van der Waals surface area (Å²) in [5.41, 5.74) is 1.00. The smallest absolute Gasteiger partial charge is 0.139 e. The first-order chi connectivity index (χ1) is 14.9. The number of allylic oxidation sites excluding steroid dienone is 2. The van der Waals surface area contributed by atoms with Crippen molar-refractivity contribution in [2.45, 2.75) is 85.5 Å². The molecule has 0 amide bonds. The van der Waals surface area contributed by atoms with Crippen molar-refractivity contribution < 1.29 is 0 Å². The lowest BCUT2D eigenvalue weighted by Gasteiger charge is -2.24. The van der Waals surface area contributed by atoms with E-state index in [-0.39, 0.29) is 0 Å². The summed E-state index contributed by atoms with van der Waals surface area (Å²) in [7, 11) is 3.99. The molecule has 1 fully saturated rings. The molecule has 0 radical (unpaired) electrons. The van der Waals surface area contributed by atoms with E-state index >= 15 is 0 Å². The van der Waals surface area contributed by atoms with Gasteiger partial charge in [-0.2, -0.15) is 0 Å². The average Bonchev–Trinajstić information content (AvgIpc) is 2.80. The van der Waals surface area contributed by atoms with Gasteiger partial charge in [0.05, 0.1) is 5.52 Å².